The SMILES string of the molecule is CC1CCCN(C(=O)CS(=O)(=O)C(C)C)C1CN. The van der Waals surface area contributed by atoms with Crippen molar-refractivity contribution >= 4 is 15.7 Å². The molecule has 1 saturated heterocycles. The lowest BCUT2D eigenvalue weighted by molar-refractivity contribution is -0.133. The average Bonchev–Trinajstić information content (AvgIpc) is 2.27. The zero-order valence-electron chi connectivity index (χ0n) is 11.4. The Morgan fingerprint density at radius 1 is 1.44 bits per heavy atom. The first-order valence-corrected chi connectivity index (χ1v) is 8.22. The van der Waals surface area contributed by atoms with E-state index in [1.807, 2.05) is 0 Å². The number of sulfone groups is 1. The van der Waals surface area contributed by atoms with Crippen LogP contribution in [0.4, 0.5) is 0 Å². The molecule has 0 saturated carbocycles. The van der Waals surface area contributed by atoms with Gasteiger partial charge in [-0.05, 0) is 32.6 Å². The summed E-state index contributed by atoms with van der Waals surface area (Å²) in [4.78, 5) is 13.8. The number of amides is 1. The smallest absolute Gasteiger partial charge is 0.238 e. The van der Waals surface area contributed by atoms with Crippen LogP contribution < -0.4 is 5.73 Å². The largest absolute Gasteiger partial charge is 0.337 e. The molecule has 1 amide bonds. The molecule has 1 aliphatic rings. The third-order valence-electron chi connectivity index (χ3n) is 3.72. The molecule has 0 aromatic heterocycles. The second-order valence-corrected chi connectivity index (χ2v) is 7.92. The second-order valence-electron chi connectivity index (χ2n) is 5.37. The molecule has 1 heterocycles. The van der Waals surface area contributed by atoms with Crippen molar-refractivity contribution in [2.24, 2.45) is 11.7 Å². The Balaban J connectivity index is 2.77. The van der Waals surface area contributed by atoms with E-state index in [-0.39, 0.29) is 11.9 Å². The van der Waals surface area contributed by atoms with E-state index < -0.39 is 20.8 Å². The standard InChI is InChI=1S/C12H24N2O3S/c1-9(2)18(16,17)8-12(15)14-6-4-5-10(3)11(14)7-13/h9-11H,4-8,13H2,1-3H3. The molecule has 1 aliphatic heterocycles. The highest BCUT2D eigenvalue weighted by atomic mass is 32.2. The van der Waals surface area contributed by atoms with Crippen molar-refractivity contribution in [3.63, 3.8) is 0 Å². The number of piperidine rings is 1. The zero-order valence-corrected chi connectivity index (χ0v) is 12.2. The van der Waals surface area contributed by atoms with Crippen molar-refractivity contribution in [3.8, 4) is 0 Å². The molecule has 0 aromatic rings. The van der Waals surface area contributed by atoms with E-state index in [1.54, 1.807) is 18.7 Å². The molecule has 1 rings (SSSR count). The monoisotopic (exact) mass is 276 g/mol. The number of nitrogens with zero attached hydrogens (tertiary/aromatic N) is 1. The molecule has 2 N–H and O–H groups in total. The van der Waals surface area contributed by atoms with Gasteiger partial charge in [-0.3, -0.25) is 4.79 Å². The van der Waals surface area contributed by atoms with Crippen LogP contribution in [0.25, 0.3) is 0 Å². The Morgan fingerprint density at radius 3 is 2.56 bits per heavy atom. The van der Waals surface area contributed by atoms with Gasteiger partial charge in [0.2, 0.25) is 5.91 Å². The maximum absolute atomic E-state index is 12.1. The van der Waals surface area contributed by atoms with Crippen LogP contribution in [-0.4, -0.2) is 49.4 Å². The predicted octanol–water partition coefficient (Wildman–Crippen LogP) is 0.395. The Morgan fingerprint density at radius 2 is 2.06 bits per heavy atom. The first-order chi connectivity index (χ1) is 8.29. The topological polar surface area (TPSA) is 80.5 Å². The highest BCUT2D eigenvalue weighted by molar-refractivity contribution is 7.92. The molecule has 5 nitrogen and oxygen atoms in total. The van der Waals surface area contributed by atoms with Gasteiger partial charge in [0.15, 0.2) is 9.84 Å². The summed E-state index contributed by atoms with van der Waals surface area (Å²) in [5, 5.41) is -0.514. The summed E-state index contributed by atoms with van der Waals surface area (Å²) in [7, 11) is -3.33. The maximum Gasteiger partial charge on any atom is 0.238 e. The lowest BCUT2D eigenvalue weighted by atomic mass is 9.91. The summed E-state index contributed by atoms with van der Waals surface area (Å²) in [6, 6.07) is -0.0198. The number of carbonyl (C=O) groups excluding carboxylic acids is 1. The average molecular weight is 276 g/mol. The van der Waals surface area contributed by atoms with Crippen LogP contribution in [-0.2, 0) is 14.6 Å². The van der Waals surface area contributed by atoms with Crippen LogP contribution in [0.3, 0.4) is 0 Å². The number of hydrogen-bond acceptors (Lipinski definition) is 4. The van der Waals surface area contributed by atoms with Gasteiger partial charge >= 0.3 is 0 Å². The van der Waals surface area contributed by atoms with E-state index in [4.69, 9.17) is 5.73 Å². The molecular weight excluding hydrogens is 252 g/mol. The second kappa shape index (κ2) is 6.02. The van der Waals surface area contributed by atoms with E-state index in [1.165, 1.54) is 0 Å². The molecule has 1 fully saturated rings. The van der Waals surface area contributed by atoms with Crippen LogP contribution in [0.5, 0.6) is 0 Å². The van der Waals surface area contributed by atoms with Gasteiger partial charge in [-0.2, -0.15) is 0 Å². The highest BCUT2D eigenvalue weighted by Crippen LogP contribution is 2.23. The molecule has 0 radical (unpaired) electrons. The van der Waals surface area contributed by atoms with E-state index in [2.05, 4.69) is 6.92 Å². The fourth-order valence-corrected chi connectivity index (χ4v) is 3.18. The van der Waals surface area contributed by atoms with Crippen LogP contribution in [0.15, 0.2) is 0 Å². The van der Waals surface area contributed by atoms with Crippen LogP contribution in [0.2, 0.25) is 0 Å². The zero-order chi connectivity index (χ0) is 13.9. The van der Waals surface area contributed by atoms with Gasteiger partial charge in [0.1, 0.15) is 5.75 Å². The summed E-state index contributed by atoms with van der Waals surface area (Å²) in [6.07, 6.45) is 1.97. The fourth-order valence-electron chi connectivity index (χ4n) is 2.34. The minimum Gasteiger partial charge on any atom is -0.337 e. The van der Waals surface area contributed by atoms with Crippen molar-refractivity contribution < 1.29 is 13.2 Å². The van der Waals surface area contributed by atoms with Crippen molar-refractivity contribution in [3.05, 3.63) is 0 Å². The summed E-state index contributed by atoms with van der Waals surface area (Å²) in [5.74, 6) is -0.353. The number of rotatable bonds is 4. The molecule has 6 heteroatoms. The van der Waals surface area contributed by atoms with E-state index in [0.29, 0.717) is 19.0 Å². The van der Waals surface area contributed by atoms with Crippen molar-refractivity contribution in [2.45, 2.75) is 44.9 Å². The normalized spacial score (nSPS) is 25.5. The van der Waals surface area contributed by atoms with Gasteiger partial charge in [0.25, 0.3) is 0 Å². The van der Waals surface area contributed by atoms with Gasteiger partial charge in [-0.25, -0.2) is 8.42 Å². The Bertz CT molecular complexity index is 392. The van der Waals surface area contributed by atoms with E-state index in [0.717, 1.165) is 12.8 Å². The first kappa shape index (κ1) is 15.4. The van der Waals surface area contributed by atoms with E-state index in [9.17, 15) is 13.2 Å². The lowest BCUT2D eigenvalue weighted by Crippen LogP contribution is -2.53. The molecule has 18 heavy (non-hydrogen) atoms. The minimum absolute atomic E-state index is 0.0198. The van der Waals surface area contributed by atoms with Gasteiger partial charge in [-0.1, -0.05) is 6.92 Å². The fraction of sp³-hybridized carbons (Fsp3) is 0.917. The molecule has 0 aliphatic carbocycles. The summed E-state index contributed by atoms with van der Waals surface area (Å²) in [5.41, 5.74) is 5.70. The molecule has 0 aromatic carbocycles. The van der Waals surface area contributed by atoms with Crippen molar-refractivity contribution in [1.29, 1.82) is 0 Å². The molecule has 0 bridgehead atoms. The lowest BCUT2D eigenvalue weighted by Gasteiger charge is -2.39. The van der Waals surface area contributed by atoms with Gasteiger partial charge in [0, 0.05) is 19.1 Å². The van der Waals surface area contributed by atoms with Gasteiger partial charge in [0.05, 0.1) is 5.25 Å². The number of hydrogen-bond donors (Lipinski definition) is 1. The third kappa shape index (κ3) is 3.45. The minimum atomic E-state index is -3.33. The van der Waals surface area contributed by atoms with Gasteiger partial charge < -0.3 is 10.6 Å². The highest BCUT2D eigenvalue weighted by Gasteiger charge is 2.33. The number of nitrogens with two attached hydrogens (primary N) is 1. The Kier molecular flexibility index (Phi) is 5.16. The van der Waals surface area contributed by atoms with Crippen LogP contribution >= 0.6 is 0 Å². The number of carbonyl (C=O) groups is 1. The molecule has 2 atom stereocenters. The van der Waals surface area contributed by atoms with E-state index >= 15 is 0 Å². The summed E-state index contributed by atoms with van der Waals surface area (Å²) in [6.45, 7) is 6.28. The van der Waals surface area contributed by atoms with Crippen LogP contribution in [0, 0.1) is 5.92 Å². The predicted molar refractivity (Wildman–Crippen MR) is 71.9 cm³/mol. The van der Waals surface area contributed by atoms with Crippen LogP contribution in [0.1, 0.15) is 33.6 Å². The first-order valence-electron chi connectivity index (χ1n) is 6.50. The van der Waals surface area contributed by atoms with Crippen molar-refractivity contribution in [1.82, 2.24) is 4.90 Å². The molecular formula is C12H24N2O3S. The van der Waals surface area contributed by atoms with Crippen molar-refractivity contribution in [2.75, 3.05) is 18.8 Å². The molecule has 0 spiro atoms. The Labute approximate surface area is 110 Å². The van der Waals surface area contributed by atoms with Gasteiger partial charge in [-0.15, -0.1) is 0 Å². The quantitative estimate of drug-likeness (QED) is 0.805. The Hall–Kier alpha value is -0.620. The third-order valence-corrected chi connectivity index (χ3v) is 5.81. The number of likely N-dealkylation sites (tertiary alicyclic amines) is 1. The maximum atomic E-state index is 12.1. The molecule has 2 unspecified atom stereocenters. The molecule has 106 valence electrons. The summed E-state index contributed by atoms with van der Waals surface area (Å²) < 4.78 is 23.6. The summed E-state index contributed by atoms with van der Waals surface area (Å²) >= 11 is 0.